The van der Waals surface area contributed by atoms with Crippen LogP contribution >= 0.6 is 0 Å². The number of amides is 1. The molecule has 0 fully saturated rings. The van der Waals surface area contributed by atoms with Gasteiger partial charge in [-0.3, -0.25) is 4.79 Å². The van der Waals surface area contributed by atoms with E-state index in [2.05, 4.69) is 0 Å². The summed E-state index contributed by atoms with van der Waals surface area (Å²) in [5.74, 6) is -1.79. The summed E-state index contributed by atoms with van der Waals surface area (Å²) < 4.78 is 58.4. The van der Waals surface area contributed by atoms with E-state index in [9.17, 15) is 26.7 Å². The molecular weight excluding hydrogens is 197 g/mol. The molecule has 0 unspecified atom stereocenters. The van der Waals surface area contributed by atoms with Gasteiger partial charge in [0.15, 0.2) is 0 Å². The maximum absolute atomic E-state index is 11.7. The highest BCUT2D eigenvalue weighted by atomic mass is 19.4. The fourth-order valence-electron chi connectivity index (χ4n) is 0.700. The second-order valence-corrected chi connectivity index (χ2v) is 2.27. The van der Waals surface area contributed by atoms with Gasteiger partial charge in [0.1, 0.15) is 6.54 Å². The van der Waals surface area contributed by atoms with Crippen LogP contribution in [-0.2, 0) is 4.79 Å². The maximum atomic E-state index is 11.7. The van der Waals surface area contributed by atoms with E-state index in [1.807, 2.05) is 0 Å². The smallest absolute Gasteiger partial charge is 0.329 e. The summed E-state index contributed by atoms with van der Waals surface area (Å²) in [4.78, 5) is 10.5. The summed E-state index contributed by atoms with van der Waals surface area (Å²) in [5.41, 5.74) is 0. The second-order valence-electron chi connectivity index (χ2n) is 2.27. The molecule has 13 heavy (non-hydrogen) atoms. The van der Waals surface area contributed by atoms with Gasteiger partial charge in [0.2, 0.25) is 0 Å². The third-order valence-corrected chi connectivity index (χ3v) is 1.25. The Morgan fingerprint density at radius 1 is 1.38 bits per heavy atom. The van der Waals surface area contributed by atoms with Crippen LogP contribution in [0.2, 0.25) is 0 Å². The first kappa shape index (κ1) is 12.1. The Kier molecular flexibility index (Phi) is 4.09. The molecule has 1 amide bonds. The molecule has 0 aliphatic carbocycles. The third kappa shape index (κ3) is 4.64. The predicted octanol–water partition coefficient (Wildman–Crippen LogP) is 1.66. The van der Waals surface area contributed by atoms with Gasteiger partial charge < -0.3 is 4.90 Å². The van der Waals surface area contributed by atoms with Crippen molar-refractivity contribution < 1.29 is 26.7 Å². The van der Waals surface area contributed by atoms with E-state index in [1.165, 1.54) is 6.92 Å². The van der Waals surface area contributed by atoms with E-state index in [1.54, 1.807) is 0 Å². The number of halogens is 5. The molecule has 2 nitrogen and oxygen atoms in total. The van der Waals surface area contributed by atoms with Crippen LogP contribution in [0.15, 0.2) is 0 Å². The first-order valence-corrected chi connectivity index (χ1v) is 3.41. The normalized spacial score (nSPS) is 11.9. The van der Waals surface area contributed by atoms with Crippen LogP contribution in [0.5, 0.6) is 0 Å². The predicted molar refractivity (Wildman–Crippen MR) is 34.3 cm³/mol. The van der Waals surface area contributed by atoms with Crippen molar-refractivity contribution in [3.63, 3.8) is 0 Å². The Balaban J connectivity index is 4.27. The fraction of sp³-hybridized carbons (Fsp3) is 0.833. The first-order chi connectivity index (χ1) is 5.78. The number of hydrogen-bond donors (Lipinski definition) is 0. The van der Waals surface area contributed by atoms with Gasteiger partial charge in [-0.05, 0) is 6.92 Å². The van der Waals surface area contributed by atoms with Crippen LogP contribution < -0.4 is 0 Å². The van der Waals surface area contributed by atoms with Crippen LogP contribution in [0.4, 0.5) is 22.0 Å². The highest BCUT2D eigenvalue weighted by Gasteiger charge is 2.34. The van der Waals surface area contributed by atoms with Crippen molar-refractivity contribution in [1.29, 1.82) is 0 Å². The number of alkyl halides is 5. The summed E-state index contributed by atoms with van der Waals surface area (Å²) in [5, 5.41) is 0. The lowest BCUT2D eigenvalue weighted by Crippen LogP contribution is -2.41. The molecule has 7 heteroatoms. The summed E-state index contributed by atoms with van der Waals surface area (Å²) in [6.45, 7) is -0.818. The number of rotatable bonds is 3. The molecule has 0 heterocycles. The second kappa shape index (κ2) is 4.38. The molecule has 78 valence electrons. The van der Waals surface area contributed by atoms with Crippen LogP contribution in [0.25, 0.3) is 0 Å². The third-order valence-electron chi connectivity index (χ3n) is 1.25. The Morgan fingerprint density at radius 3 is 2.08 bits per heavy atom. The van der Waals surface area contributed by atoms with E-state index in [0.717, 1.165) is 0 Å². The summed E-state index contributed by atoms with van der Waals surface area (Å²) in [7, 11) is 0. The fourth-order valence-corrected chi connectivity index (χ4v) is 0.700. The van der Waals surface area contributed by atoms with Crippen molar-refractivity contribution in [3.8, 4) is 0 Å². The van der Waals surface area contributed by atoms with E-state index in [-0.39, 0.29) is 11.4 Å². The van der Waals surface area contributed by atoms with Crippen LogP contribution in [0.1, 0.15) is 6.92 Å². The number of hydrogen-bond acceptors (Lipinski definition) is 1. The topological polar surface area (TPSA) is 20.3 Å². The van der Waals surface area contributed by atoms with Gasteiger partial charge in [-0.25, -0.2) is 0 Å². The lowest BCUT2D eigenvalue weighted by atomic mass is 10.4. The highest BCUT2D eigenvalue weighted by molar-refractivity contribution is 5.79. The zero-order chi connectivity index (χ0) is 10.6. The van der Waals surface area contributed by atoms with E-state index in [0.29, 0.717) is 0 Å². The quantitative estimate of drug-likeness (QED) is 0.641. The monoisotopic (exact) mass is 205 g/mol. The summed E-state index contributed by atoms with van der Waals surface area (Å²) in [6.07, 6.45) is -8.03. The SMILES string of the molecule is CCN(CC(F)(F)F)C(=O)C(F)F. The molecule has 0 spiro atoms. The minimum absolute atomic E-state index is 0.0602. The van der Waals surface area contributed by atoms with E-state index >= 15 is 0 Å². The van der Waals surface area contributed by atoms with E-state index < -0.39 is 25.1 Å². The summed E-state index contributed by atoms with van der Waals surface area (Å²) >= 11 is 0. The lowest BCUT2D eigenvalue weighted by molar-refractivity contribution is -0.167. The molecule has 0 saturated heterocycles. The van der Waals surface area contributed by atoms with Crippen molar-refractivity contribution in [2.75, 3.05) is 13.1 Å². The largest absolute Gasteiger partial charge is 0.406 e. The number of nitrogens with zero attached hydrogens (tertiary/aromatic N) is 1. The molecule has 0 aliphatic rings. The molecule has 0 aromatic rings. The molecular formula is C6H8F5NO. The first-order valence-electron chi connectivity index (χ1n) is 3.41. The molecule has 0 atom stereocenters. The Hall–Kier alpha value is -0.880. The van der Waals surface area contributed by atoms with Crippen molar-refractivity contribution in [2.45, 2.75) is 19.5 Å². The maximum Gasteiger partial charge on any atom is 0.406 e. The van der Waals surface area contributed by atoms with Gasteiger partial charge in [0.25, 0.3) is 5.91 Å². The zero-order valence-corrected chi connectivity index (χ0v) is 6.74. The minimum atomic E-state index is -4.64. The average Bonchev–Trinajstić information content (AvgIpc) is 1.97. The van der Waals surface area contributed by atoms with Crippen LogP contribution in [0, 0.1) is 0 Å². The standard InChI is InChI=1S/C6H8F5NO/c1-2-12(3-6(9,10)11)5(13)4(7)8/h4H,2-3H2,1H3. The van der Waals surface area contributed by atoms with E-state index in [4.69, 9.17) is 0 Å². The molecule has 0 bridgehead atoms. The lowest BCUT2D eigenvalue weighted by Gasteiger charge is -2.21. The van der Waals surface area contributed by atoms with Gasteiger partial charge in [-0.15, -0.1) is 0 Å². The molecule has 0 rings (SSSR count). The molecule has 0 N–H and O–H groups in total. The average molecular weight is 205 g/mol. The van der Waals surface area contributed by atoms with Gasteiger partial charge in [0, 0.05) is 6.54 Å². The zero-order valence-electron chi connectivity index (χ0n) is 6.74. The van der Waals surface area contributed by atoms with Gasteiger partial charge in [-0.2, -0.15) is 22.0 Å². The molecule has 0 radical (unpaired) electrons. The Morgan fingerprint density at radius 2 is 1.85 bits per heavy atom. The van der Waals surface area contributed by atoms with Gasteiger partial charge in [-0.1, -0.05) is 0 Å². The Bertz CT molecular complexity index is 178. The van der Waals surface area contributed by atoms with Crippen molar-refractivity contribution >= 4 is 5.91 Å². The van der Waals surface area contributed by atoms with Crippen LogP contribution in [-0.4, -0.2) is 36.5 Å². The van der Waals surface area contributed by atoms with Crippen molar-refractivity contribution in [2.24, 2.45) is 0 Å². The van der Waals surface area contributed by atoms with Gasteiger partial charge in [0.05, 0.1) is 0 Å². The molecule has 0 aliphatic heterocycles. The summed E-state index contributed by atoms with van der Waals surface area (Å²) in [6, 6.07) is 0. The van der Waals surface area contributed by atoms with Crippen molar-refractivity contribution in [1.82, 2.24) is 4.90 Å². The number of carbonyl (C=O) groups is 1. The van der Waals surface area contributed by atoms with Crippen LogP contribution in [0.3, 0.4) is 0 Å². The minimum Gasteiger partial charge on any atom is -0.329 e. The van der Waals surface area contributed by atoms with Crippen molar-refractivity contribution in [3.05, 3.63) is 0 Å². The van der Waals surface area contributed by atoms with Gasteiger partial charge >= 0.3 is 12.6 Å². The highest BCUT2D eigenvalue weighted by Crippen LogP contribution is 2.17. The number of carbonyl (C=O) groups excluding carboxylic acids is 1. The molecule has 0 aromatic heterocycles. The molecule has 0 saturated carbocycles. The molecule has 0 aromatic carbocycles. The Labute approximate surface area is 71.3 Å².